The maximum Gasteiger partial charge on any atom is 0.146 e. The Balaban J connectivity index is 1.49. The van der Waals surface area contributed by atoms with Crippen LogP contribution in [0.3, 0.4) is 0 Å². The molecule has 28 heavy (non-hydrogen) atoms. The number of ether oxygens (including phenoxy) is 2. The normalized spacial score (nSPS) is 19.8. The standard InChI is InChI=1S/C21H27N5O2/c1-14-10-16(15-2-4-22-5-3-15)11-18-19(14)28-12-17-20(25-18)23-13-24-21(17)26-6-8-27-9-7-26/h10-11,13,15,22H,2-9,12H2,1H3,(H,23,24,25). The summed E-state index contributed by atoms with van der Waals surface area (Å²) >= 11 is 0. The van der Waals surface area contributed by atoms with Crippen LogP contribution in [0.2, 0.25) is 0 Å². The van der Waals surface area contributed by atoms with Crippen molar-refractivity contribution in [2.75, 3.05) is 49.6 Å². The third kappa shape index (κ3) is 3.29. The molecular weight excluding hydrogens is 354 g/mol. The molecule has 1 aromatic carbocycles. The first-order valence-corrected chi connectivity index (χ1v) is 10.2. The fourth-order valence-corrected chi connectivity index (χ4v) is 4.44. The van der Waals surface area contributed by atoms with Crippen molar-refractivity contribution < 1.29 is 9.47 Å². The van der Waals surface area contributed by atoms with Gasteiger partial charge in [-0.25, -0.2) is 9.97 Å². The summed E-state index contributed by atoms with van der Waals surface area (Å²) in [5, 5.41) is 7.00. The predicted molar refractivity (Wildman–Crippen MR) is 109 cm³/mol. The Hall–Kier alpha value is -2.38. The zero-order valence-electron chi connectivity index (χ0n) is 16.3. The maximum absolute atomic E-state index is 6.27. The smallest absolute Gasteiger partial charge is 0.146 e. The Labute approximate surface area is 165 Å². The van der Waals surface area contributed by atoms with E-state index in [1.54, 1.807) is 6.33 Å². The average molecular weight is 381 g/mol. The van der Waals surface area contributed by atoms with Gasteiger partial charge in [0.1, 0.15) is 30.3 Å². The molecule has 1 aromatic heterocycles. The third-order valence-corrected chi connectivity index (χ3v) is 5.95. The lowest BCUT2D eigenvalue weighted by molar-refractivity contribution is 0.122. The van der Waals surface area contributed by atoms with E-state index in [1.165, 1.54) is 24.0 Å². The first kappa shape index (κ1) is 17.7. The Kier molecular flexibility index (Phi) is 4.78. The van der Waals surface area contributed by atoms with Crippen LogP contribution < -0.4 is 20.3 Å². The Bertz CT molecular complexity index is 860. The minimum Gasteiger partial charge on any atom is -0.486 e. The summed E-state index contributed by atoms with van der Waals surface area (Å²) in [4.78, 5) is 11.4. The van der Waals surface area contributed by atoms with Crippen LogP contribution in [0, 0.1) is 6.92 Å². The van der Waals surface area contributed by atoms with Crippen molar-refractivity contribution in [3.8, 4) is 5.75 Å². The molecule has 0 unspecified atom stereocenters. The molecule has 3 aliphatic heterocycles. The highest BCUT2D eigenvalue weighted by atomic mass is 16.5. The number of nitrogens with zero attached hydrogens (tertiary/aromatic N) is 3. The van der Waals surface area contributed by atoms with E-state index in [0.29, 0.717) is 12.5 Å². The van der Waals surface area contributed by atoms with E-state index in [2.05, 4.69) is 44.6 Å². The van der Waals surface area contributed by atoms with E-state index >= 15 is 0 Å². The van der Waals surface area contributed by atoms with Crippen molar-refractivity contribution in [2.24, 2.45) is 0 Å². The first-order chi connectivity index (χ1) is 13.8. The van der Waals surface area contributed by atoms with Gasteiger partial charge in [-0.15, -0.1) is 0 Å². The lowest BCUT2D eigenvalue weighted by Gasteiger charge is -2.29. The number of fused-ring (bicyclic) bond motifs is 2. The van der Waals surface area contributed by atoms with Gasteiger partial charge in [0.2, 0.25) is 0 Å². The van der Waals surface area contributed by atoms with Gasteiger partial charge < -0.3 is 25.0 Å². The SMILES string of the molecule is Cc1cc(C2CCNCC2)cc2c1OCc1c(ncnc1N1CCOCC1)N2. The molecule has 0 aliphatic carbocycles. The quantitative estimate of drug-likeness (QED) is 0.829. The van der Waals surface area contributed by atoms with Crippen molar-refractivity contribution in [3.63, 3.8) is 0 Å². The molecule has 3 aliphatic rings. The average Bonchev–Trinajstić information content (AvgIpc) is 2.94. The van der Waals surface area contributed by atoms with Crippen molar-refractivity contribution in [2.45, 2.75) is 32.3 Å². The molecule has 0 atom stereocenters. The van der Waals surface area contributed by atoms with Crippen molar-refractivity contribution in [1.82, 2.24) is 15.3 Å². The Morgan fingerprint density at radius 2 is 1.93 bits per heavy atom. The molecule has 2 saturated heterocycles. The minimum atomic E-state index is 0.469. The number of hydrogen-bond donors (Lipinski definition) is 2. The summed E-state index contributed by atoms with van der Waals surface area (Å²) in [7, 11) is 0. The van der Waals surface area contributed by atoms with Crippen LogP contribution in [0.4, 0.5) is 17.3 Å². The van der Waals surface area contributed by atoms with Crippen molar-refractivity contribution in [3.05, 3.63) is 35.2 Å². The number of piperidine rings is 1. The number of anilines is 3. The summed E-state index contributed by atoms with van der Waals surface area (Å²) in [5.41, 5.74) is 4.59. The number of morpholine rings is 1. The van der Waals surface area contributed by atoms with Gasteiger partial charge >= 0.3 is 0 Å². The Morgan fingerprint density at radius 3 is 2.75 bits per heavy atom. The number of hydrogen-bond acceptors (Lipinski definition) is 7. The van der Waals surface area contributed by atoms with E-state index in [1.807, 2.05) is 0 Å². The molecule has 0 spiro atoms. The molecule has 7 nitrogen and oxygen atoms in total. The van der Waals surface area contributed by atoms with Crippen LogP contribution in [0.15, 0.2) is 18.5 Å². The van der Waals surface area contributed by atoms with Crippen molar-refractivity contribution in [1.29, 1.82) is 0 Å². The van der Waals surface area contributed by atoms with E-state index in [0.717, 1.165) is 68.0 Å². The van der Waals surface area contributed by atoms with Crippen LogP contribution in [0.5, 0.6) is 5.75 Å². The maximum atomic E-state index is 6.27. The summed E-state index contributed by atoms with van der Waals surface area (Å²) in [5.74, 6) is 3.31. The number of rotatable bonds is 2. The zero-order chi connectivity index (χ0) is 18.9. The summed E-state index contributed by atoms with van der Waals surface area (Å²) in [6, 6.07) is 4.55. The lowest BCUT2D eigenvalue weighted by atomic mass is 9.89. The number of aromatic nitrogens is 2. The zero-order valence-corrected chi connectivity index (χ0v) is 16.3. The molecule has 0 saturated carbocycles. The topological polar surface area (TPSA) is 71.5 Å². The summed E-state index contributed by atoms with van der Waals surface area (Å²) in [6.07, 6.45) is 4.00. The molecule has 5 rings (SSSR count). The molecule has 0 bridgehead atoms. The van der Waals surface area contributed by atoms with Gasteiger partial charge in [0.25, 0.3) is 0 Å². The van der Waals surface area contributed by atoms with Gasteiger partial charge in [0, 0.05) is 13.1 Å². The minimum absolute atomic E-state index is 0.469. The number of benzene rings is 1. The fraction of sp³-hybridized carbons (Fsp3) is 0.524. The molecule has 4 heterocycles. The van der Waals surface area contributed by atoms with Gasteiger partial charge in [-0.05, 0) is 56.0 Å². The molecule has 2 N–H and O–H groups in total. The third-order valence-electron chi connectivity index (χ3n) is 5.95. The van der Waals surface area contributed by atoms with E-state index in [9.17, 15) is 0 Å². The van der Waals surface area contributed by atoms with E-state index in [-0.39, 0.29) is 0 Å². The first-order valence-electron chi connectivity index (χ1n) is 10.2. The van der Waals surface area contributed by atoms with Crippen LogP contribution in [0.25, 0.3) is 0 Å². The number of aryl methyl sites for hydroxylation is 1. The van der Waals surface area contributed by atoms with Gasteiger partial charge in [-0.3, -0.25) is 0 Å². The second-order valence-corrected chi connectivity index (χ2v) is 7.78. The largest absolute Gasteiger partial charge is 0.486 e. The summed E-state index contributed by atoms with van der Waals surface area (Å²) in [6.45, 7) is 7.92. The van der Waals surface area contributed by atoms with Crippen LogP contribution in [-0.2, 0) is 11.3 Å². The second-order valence-electron chi connectivity index (χ2n) is 7.78. The van der Waals surface area contributed by atoms with Crippen LogP contribution in [0.1, 0.15) is 35.4 Å². The summed E-state index contributed by atoms with van der Waals surface area (Å²) < 4.78 is 11.8. The highest BCUT2D eigenvalue weighted by Gasteiger charge is 2.25. The molecule has 0 amide bonds. The lowest BCUT2D eigenvalue weighted by Crippen LogP contribution is -2.37. The van der Waals surface area contributed by atoms with Crippen molar-refractivity contribution >= 4 is 17.3 Å². The molecular formula is C21H27N5O2. The molecule has 7 heteroatoms. The van der Waals surface area contributed by atoms with Gasteiger partial charge in [-0.2, -0.15) is 0 Å². The Morgan fingerprint density at radius 1 is 1.11 bits per heavy atom. The highest BCUT2D eigenvalue weighted by molar-refractivity contribution is 5.73. The number of nitrogens with one attached hydrogen (secondary N) is 2. The van der Waals surface area contributed by atoms with E-state index in [4.69, 9.17) is 9.47 Å². The van der Waals surface area contributed by atoms with Crippen LogP contribution in [-0.4, -0.2) is 49.4 Å². The van der Waals surface area contributed by atoms with Crippen LogP contribution >= 0.6 is 0 Å². The highest BCUT2D eigenvalue weighted by Crippen LogP contribution is 2.41. The molecule has 148 valence electrons. The second kappa shape index (κ2) is 7.56. The predicted octanol–water partition coefficient (Wildman–Crippen LogP) is 2.72. The molecule has 2 fully saturated rings. The van der Waals surface area contributed by atoms with Gasteiger partial charge in [0.05, 0.1) is 24.5 Å². The van der Waals surface area contributed by atoms with Gasteiger partial charge in [0.15, 0.2) is 0 Å². The fourth-order valence-electron chi connectivity index (χ4n) is 4.44. The van der Waals surface area contributed by atoms with Gasteiger partial charge in [-0.1, -0.05) is 6.07 Å². The van der Waals surface area contributed by atoms with E-state index < -0.39 is 0 Å². The monoisotopic (exact) mass is 381 g/mol. The molecule has 2 aromatic rings. The molecule has 0 radical (unpaired) electrons.